The Labute approximate surface area is 103 Å². The van der Waals surface area contributed by atoms with Crippen molar-refractivity contribution in [1.82, 2.24) is 4.98 Å². The summed E-state index contributed by atoms with van der Waals surface area (Å²) in [5.41, 5.74) is 1.03. The molecule has 0 fully saturated rings. The summed E-state index contributed by atoms with van der Waals surface area (Å²) in [5.74, 6) is 0. The van der Waals surface area contributed by atoms with Crippen molar-refractivity contribution in [2.75, 3.05) is 6.61 Å². The average molecular weight is 254 g/mol. The molecule has 4 nitrogen and oxygen atoms in total. The Bertz CT molecular complexity index is 532. The first-order valence-corrected chi connectivity index (χ1v) is 5.53. The Morgan fingerprint density at radius 2 is 1.94 bits per heavy atom. The van der Waals surface area contributed by atoms with Crippen LogP contribution in [-0.2, 0) is 0 Å². The molecule has 2 aromatic rings. The van der Waals surface area contributed by atoms with E-state index in [9.17, 15) is 10.2 Å². The molecular weight excluding hydrogens is 242 g/mol. The molecule has 0 aliphatic heterocycles. The number of hydrogen-bond acceptors (Lipinski definition) is 4. The fraction of sp³-hybridized carbons (Fsp3) is 0.250. The predicted molar refractivity (Wildman–Crippen MR) is 64.8 cm³/mol. The van der Waals surface area contributed by atoms with E-state index in [2.05, 4.69) is 4.98 Å². The van der Waals surface area contributed by atoms with Crippen LogP contribution in [0.2, 0.25) is 5.15 Å². The molecule has 2 rings (SSSR count). The van der Waals surface area contributed by atoms with Gasteiger partial charge in [0, 0.05) is 10.9 Å². The summed E-state index contributed by atoms with van der Waals surface area (Å²) in [6.07, 6.45) is -2.51. The normalized spacial score (nSPS) is 14.8. The minimum atomic E-state index is -1.27. The van der Waals surface area contributed by atoms with Gasteiger partial charge in [0.2, 0.25) is 0 Å². The zero-order valence-corrected chi connectivity index (χ0v) is 9.67. The third kappa shape index (κ3) is 2.40. The van der Waals surface area contributed by atoms with Crippen LogP contribution in [0.15, 0.2) is 30.3 Å². The molecule has 0 radical (unpaired) electrons. The van der Waals surface area contributed by atoms with Crippen molar-refractivity contribution < 1.29 is 15.3 Å². The largest absolute Gasteiger partial charge is 0.394 e. The van der Waals surface area contributed by atoms with E-state index in [-0.39, 0.29) is 5.15 Å². The number of nitrogens with zero attached hydrogens (tertiary/aromatic N) is 1. The highest BCUT2D eigenvalue weighted by Gasteiger charge is 2.21. The van der Waals surface area contributed by atoms with E-state index in [4.69, 9.17) is 16.7 Å². The summed E-state index contributed by atoms with van der Waals surface area (Å²) in [6, 6.07) is 8.98. The molecule has 1 aromatic carbocycles. The Balaban J connectivity index is 2.50. The van der Waals surface area contributed by atoms with Crippen LogP contribution in [0.25, 0.3) is 10.9 Å². The maximum Gasteiger partial charge on any atom is 0.135 e. The minimum absolute atomic E-state index is 0.128. The van der Waals surface area contributed by atoms with Gasteiger partial charge in [-0.25, -0.2) is 4.98 Å². The van der Waals surface area contributed by atoms with Gasteiger partial charge >= 0.3 is 0 Å². The van der Waals surface area contributed by atoms with Gasteiger partial charge in [-0.3, -0.25) is 0 Å². The van der Waals surface area contributed by atoms with Gasteiger partial charge < -0.3 is 15.3 Å². The molecule has 0 spiro atoms. The molecule has 0 saturated heterocycles. The monoisotopic (exact) mass is 253 g/mol. The third-order valence-electron chi connectivity index (χ3n) is 2.57. The second-order valence-corrected chi connectivity index (χ2v) is 4.11. The number of aliphatic hydroxyl groups excluding tert-OH is 3. The fourth-order valence-electron chi connectivity index (χ4n) is 1.62. The molecule has 2 unspecified atom stereocenters. The fourth-order valence-corrected chi connectivity index (χ4v) is 1.88. The second-order valence-electron chi connectivity index (χ2n) is 3.76. The molecule has 3 N–H and O–H groups in total. The lowest BCUT2D eigenvalue weighted by atomic mass is 10.0. The number of fused-ring (bicyclic) bond motifs is 1. The molecule has 90 valence electrons. The molecule has 0 bridgehead atoms. The molecular formula is C12H12ClNO3. The predicted octanol–water partition coefficient (Wildman–Crippen LogP) is 1.27. The van der Waals surface area contributed by atoms with Gasteiger partial charge in [-0.1, -0.05) is 29.8 Å². The van der Waals surface area contributed by atoms with Crippen molar-refractivity contribution in [3.63, 3.8) is 0 Å². The molecule has 5 heteroatoms. The van der Waals surface area contributed by atoms with E-state index in [0.717, 1.165) is 5.39 Å². The highest BCUT2D eigenvalue weighted by atomic mass is 35.5. The van der Waals surface area contributed by atoms with Crippen LogP contribution in [0.3, 0.4) is 0 Å². The number of benzene rings is 1. The van der Waals surface area contributed by atoms with E-state index in [1.165, 1.54) is 0 Å². The van der Waals surface area contributed by atoms with Gasteiger partial charge in [-0.2, -0.15) is 0 Å². The van der Waals surface area contributed by atoms with E-state index >= 15 is 0 Å². The Morgan fingerprint density at radius 3 is 2.65 bits per heavy atom. The average Bonchev–Trinajstić information content (AvgIpc) is 2.36. The number of para-hydroxylation sites is 1. The number of rotatable bonds is 3. The number of halogens is 1. The maximum absolute atomic E-state index is 9.79. The van der Waals surface area contributed by atoms with Crippen LogP contribution >= 0.6 is 11.6 Å². The van der Waals surface area contributed by atoms with Gasteiger partial charge in [0.1, 0.15) is 17.4 Å². The van der Waals surface area contributed by atoms with Crippen LogP contribution in [0.5, 0.6) is 0 Å². The third-order valence-corrected chi connectivity index (χ3v) is 2.88. The van der Waals surface area contributed by atoms with Crippen LogP contribution < -0.4 is 0 Å². The van der Waals surface area contributed by atoms with Crippen molar-refractivity contribution >= 4 is 22.5 Å². The topological polar surface area (TPSA) is 73.6 Å². The molecule has 0 aliphatic carbocycles. The van der Waals surface area contributed by atoms with E-state index in [1.54, 1.807) is 12.1 Å². The Morgan fingerprint density at radius 1 is 1.24 bits per heavy atom. The van der Waals surface area contributed by atoms with Crippen molar-refractivity contribution in [3.05, 3.63) is 41.0 Å². The first-order chi connectivity index (χ1) is 8.13. The summed E-state index contributed by atoms with van der Waals surface area (Å²) in [7, 11) is 0. The van der Waals surface area contributed by atoms with Gasteiger partial charge in [0.05, 0.1) is 12.1 Å². The molecule has 1 heterocycles. The standard InChI is InChI=1S/C12H12ClNO3/c13-12-8(11(17)10(16)6-15)5-7-3-1-2-4-9(7)14-12/h1-5,10-11,15-17H,6H2. The van der Waals surface area contributed by atoms with E-state index in [0.29, 0.717) is 11.1 Å². The highest BCUT2D eigenvalue weighted by molar-refractivity contribution is 6.30. The van der Waals surface area contributed by atoms with Crippen LogP contribution in [-0.4, -0.2) is 33.0 Å². The highest BCUT2D eigenvalue weighted by Crippen LogP contribution is 2.27. The van der Waals surface area contributed by atoms with Crippen molar-refractivity contribution in [2.24, 2.45) is 0 Å². The van der Waals surface area contributed by atoms with Gasteiger partial charge in [0.25, 0.3) is 0 Å². The lowest BCUT2D eigenvalue weighted by molar-refractivity contribution is -0.0152. The van der Waals surface area contributed by atoms with E-state index < -0.39 is 18.8 Å². The maximum atomic E-state index is 9.79. The SMILES string of the molecule is OCC(O)C(O)c1cc2ccccc2nc1Cl. The van der Waals surface area contributed by atoms with Gasteiger partial charge in [-0.15, -0.1) is 0 Å². The quantitative estimate of drug-likeness (QED) is 0.721. The summed E-state index contributed by atoms with van der Waals surface area (Å²) in [4.78, 5) is 4.13. The second kappa shape index (κ2) is 4.98. The van der Waals surface area contributed by atoms with Gasteiger partial charge in [-0.05, 0) is 12.1 Å². The number of aliphatic hydroxyl groups is 3. The molecule has 0 amide bonds. The van der Waals surface area contributed by atoms with Crippen LogP contribution in [0.4, 0.5) is 0 Å². The molecule has 0 saturated carbocycles. The zero-order valence-electron chi connectivity index (χ0n) is 8.92. The summed E-state index contributed by atoms with van der Waals surface area (Å²) in [5, 5.41) is 28.9. The molecule has 1 aromatic heterocycles. The summed E-state index contributed by atoms with van der Waals surface area (Å²) < 4.78 is 0. The number of hydrogen-bond donors (Lipinski definition) is 3. The van der Waals surface area contributed by atoms with Crippen LogP contribution in [0.1, 0.15) is 11.7 Å². The zero-order chi connectivity index (χ0) is 12.4. The lowest BCUT2D eigenvalue weighted by Crippen LogP contribution is -2.22. The Hall–Kier alpha value is -1.20. The van der Waals surface area contributed by atoms with Crippen molar-refractivity contribution in [2.45, 2.75) is 12.2 Å². The Kier molecular flexibility index (Phi) is 3.59. The lowest BCUT2D eigenvalue weighted by Gasteiger charge is -2.17. The first-order valence-electron chi connectivity index (χ1n) is 5.15. The van der Waals surface area contributed by atoms with Crippen LogP contribution in [0, 0.1) is 0 Å². The molecule has 17 heavy (non-hydrogen) atoms. The molecule has 2 atom stereocenters. The summed E-state index contributed by atoms with van der Waals surface area (Å²) in [6.45, 7) is -0.537. The first kappa shape index (κ1) is 12.3. The number of aromatic nitrogens is 1. The molecule has 0 aliphatic rings. The van der Waals surface area contributed by atoms with Crippen molar-refractivity contribution in [1.29, 1.82) is 0 Å². The number of pyridine rings is 1. The van der Waals surface area contributed by atoms with Crippen molar-refractivity contribution in [3.8, 4) is 0 Å². The van der Waals surface area contributed by atoms with Gasteiger partial charge in [0.15, 0.2) is 0 Å². The minimum Gasteiger partial charge on any atom is -0.394 e. The summed E-state index contributed by atoms with van der Waals surface area (Å²) >= 11 is 5.94. The smallest absolute Gasteiger partial charge is 0.135 e. The van der Waals surface area contributed by atoms with E-state index in [1.807, 2.05) is 18.2 Å².